The number of ether oxygens (including phenoxy) is 1. The normalized spacial score (nSPS) is 19.1. The summed E-state index contributed by atoms with van der Waals surface area (Å²) in [5.41, 5.74) is 0. The maximum Gasteiger partial charge on any atom is 0.133 e. The van der Waals surface area contributed by atoms with Gasteiger partial charge in [-0.05, 0) is 43.5 Å². The molecule has 1 aromatic heterocycles. The van der Waals surface area contributed by atoms with Crippen LogP contribution in [0.4, 0.5) is 0 Å². The summed E-state index contributed by atoms with van der Waals surface area (Å²) in [6, 6.07) is 13.1. The topological polar surface area (TPSA) is 21.3 Å². The van der Waals surface area contributed by atoms with Crippen LogP contribution in [0.5, 0.6) is 5.75 Å². The first kappa shape index (κ1) is 14.0. The summed E-state index contributed by atoms with van der Waals surface area (Å²) in [4.78, 5) is 2.71. The maximum absolute atomic E-state index is 6.17. The van der Waals surface area contributed by atoms with E-state index in [1.54, 1.807) is 0 Å². The number of hydrogen-bond acceptors (Lipinski definition) is 4. The van der Waals surface area contributed by atoms with Crippen LogP contribution in [-0.4, -0.2) is 24.9 Å². The van der Waals surface area contributed by atoms with Gasteiger partial charge >= 0.3 is 0 Å². The molecule has 2 unspecified atom stereocenters. The van der Waals surface area contributed by atoms with E-state index in [0.29, 0.717) is 6.04 Å². The van der Waals surface area contributed by atoms with Crippen LogP contribution in [0.1, 0.15) is 11.3 Å². The highest BCUT2D eigenvalue weighted by Crippen LogP contribution is 2.36. The zero-order valence-electron chi connectivity index (χ0n) is 11.5. The van der Waals surface area contributed by atoms with Crippen LogP contribution in [0.25, 0.3) is 0 Å². The molecular weight excluding hydrogens is 286 g/mol. The van der Waals surface area contributed by atoms with E-state index in [-0.39, 0.29) is 6.10 Å². The Bertz CT molecular complexity index is 541. The Kier molecular flexibility index (Phi) is 4.65. The third kappa shape index (κ3) is 3.19. The fourth-order valence-corrected chi connectivity index (χ4v) is 4.30. The van der Waals surface area contributed by atoms with Crippen molar-refractivity contribution in [2.75, 3.05) is 12.8 Å². The summed E-state index contributed by atoms with van der Waals surface area (Å²) in [6.45, 7) is 0. The molecule has 0 fully saturated rings. The van der Waals surface area contributed by atoms with Crippen LogP contribution >= 0.6 is 23.1 Å². The molecule has 1 aliphatic rings. The molecule has 2 atom stereocenters. The van der Waals surface area contributed by atoms with E-state index in [0.717, 1.165) is 24.3 Å². The molecule has 0 saturated heterocycles. The molecule has 0 radical (unpaired) electrons. The zero-order valence-corrected chi connectivity index (χ0v) is 13.2. The van der Waals surface area contributed by atoms with E-state index in [9.17, 15) is 0 Å². The number of fused-ring (bicyclic) bond motifs is 1. The van der Waals surface area contributed by atoms with Crippen molar-refractivity contribution < 1.29 is 4.74 Å². The van der Waals surface area contributed by atoms with Gasteiger partial charge in [0.25, 0.3) is 0 Å². The van der Waals surface area contributed by atoms with Crippen LogP contribution in [0.3, 0.4) is 0 Å². The maximum atomic E-state index is 6.17. The molecular formula is C16H19NOS2. The molecule has 0 aliphatic carbocycles. The van der Waals surface area contributed by atoms with E-state index in [1.165, 1.54) is 9.77 Å². The molecule has 2 aromatic rings. The minimum absolute atomic E-state index is 0.250. The first-order valence-electron chi connectivity index (χ1n) is 6.95. The molecule has 1 aliphatic heterocycles. The monoisotopic (exact) mass is 305 g/mol. The van der Waals surface area contributed by atoms with Crippen LogP contribution in [0.2, 0.25) is 0 Å². The fourth-order valence-electron chi connectivity index (χ4n) is 2.50. The SMILES string of the molecule is CNC(CCc1cccs1)C1CSc2ccccc2O1. The zero-order chi connectivity index (χ0) is 13.8. The molecule has 3 rings (SSSR count). The van der Waals surface area contributed by atoms with Gasteiger partial charge in [-0.1, -0.05) is 18.2 Å². The molecule has 0 spiro atoms. The van der Waals surface area contributed by atoms with Gasteiger partial charge in [0, 0.05) is 21.6 Å². The lowest BCUT2D eigenvalue weighted by molar-refractivity contribution is 0.165. The van der Waals surface area contributed by atoms with Crippen LogP contribution in [-0.2, 0) is 6.42 Å². The lowest BCUT2D eigenvalue weighted by Gasteiger charge is -2.31. The van der Waals surface area contributed by atoms with Crippen molar-refractivity contribution in [2.24, 2.45) is 0 Å². The highest BCUT2D eigenvalue weighted by Gasteiger charge is 2.26. The molecule has 1 N–H and O–H groups in total. The molecule has 0 bridgehead atoms. The van der Waals surface area contributed by atoms with E-state index in [1.807, 2.05) is 36.2 Å². The Balaban J connectivity index is 1.62. The largest absolute Gasteiger partial charge is 0.487 e. The quantitative estimate of drug-likeness (QED) is 0.907. The van der Waals surface area contributed by atoms with Gasteiger partial charge in [-0.2, -0.15) is 0 Å². The lowest BCUT2D eigenvalue weighted by atomic mass is 10.1. The number of thioether (sulfide) groups is 1. The number of aryl methyl sites for hydroxylation is 1. The molecule has 0 amide bonds. The Hall–Kier alpha value is -0.970. The van der Waals surface area contributed by atoms with Gasteiger partial charge in [0.2, 0.25) is 0 Å². The van der Waals surface area contributed by atoms with Crippen molar-refractivity contribution in [1.82, 2.24) is 5.32 Å². The van der Waals surface area contributed by atoms with Crippen molar-refractivity contribution in [3.05, 3.63) is 46.7 Å². The second-order valence-corrected chi connectivity index (χ2v) is 7.02. The summed E-state index contributed by atoms with van der Waals surface area (Å²) >= 11 is 3.74. The Morgan fingerprint density at radius 1 is 1.30 bits per heavy atom. The van der Waals surface area contributed by atoms with Crippen LogP contribution in [0.15, 0.2) is 46.7 Å². The molecule has 20 heavy (non-hydrogen) atoms. The summed E-state index contributed by atoms with van der Waals surface area (Å²) in [6.07, 6.45) is 2.49. The predicted molar refractivity (Wildman–Crippen MR) is 87.1 cm³/mol. The second kappa shape index (κ2) is 6.66. The second-order valence-electron chi connectivity index (χ2n) is 4.93. The Morgan fingerprint density at radius 2 is 2.20 bits per heavy atom. The number of rotatable bonds is 5. The highest BCUT2D eigenvalue weighted by atomic mass is 32.2. The number of thiophene rings is 1. The Morgan fingerprint density at radius 3 is 3.00 bits per heavy atom. The van der Waals surface area contributed by atoms with E-state index in [4.69, 9.17) is 4.74 Å². The number of para-hydroxylation sites is 1. The molecule has 2 heterocycles. The minimum Gasteiger partial charge on any atom is -0.487 e. The molecule has 106 valence electrons. The Labute approximate surface area is 128 Å². The summed E-state index contributed by atoms with van der Waals surface area (Å²) < 4.78 is 6.17. The van der Waals surface area contributed by atoms with Crippen molar-refractivity contribution in [3.8, 4) is 5.75 Å². The average molecular weight is 305 g/mol. The number of likely N-dealkylation sites (N-methyl/N-ethyl adjacent to an activating group) is 1. The van der Waals surface area contributed by atoms with Crippen LogP contribution in [0, 0.1) is 0 Å². The van der Waals surface area contributed by atoms with Gasteiger partial charge in [0.05, 0.1) is 0 Å². The van der Waals surface area contributed by atoms with Gasteiger partial charge in [-0.25, -0.2) is 0 Å². The fraction of sp³-hybridized carbons (Fsp3) is 0.375. The predicted octanol–water partition coefficient (Wildman–Crippen LogP) is 3.82. The van der Waals surface area contributed by atoms with Crippen molar-refractivity contribution in [2.45, 2.75) is 29.9 Å². The standard InChI is InChI=1S/C16H19NOS2/c1-17-13(9-8-12-5-4-10-19-12)15-11-20-16-7-3-2-6-14(16)18-15/h2-7,10,13,15,17H,8-9,11H2,1H3. The van der Waals surface area contributed by atoms with E-state index in [2.05, 4.69) is 41.0 Å². The van der Waals surface area contributed by atoms with Crippen molar-refractivity contribution in [1.29, 1.82) is 0 Å². The molecule has 4 heteroatoms. The number of hydrogen-bond donors (Lipinski definition) is 1. The summed E-state index contributed by atoms with van der Waals surface area (Å²) in [5.74, 6) is 2.05. The molecule has 2 nitrogen and oxygen atoms in total. The lowest BCUT2D eigenvalue weighted by Crippen LogP contribution is -2.44. The van der Waals surface area contributed by atoms with Gasteiger partial charge in [0.15, 0.2) is 0 Å². The van der Waals surface area contributed by atoms with Gasteiger partial charge in [0.1, 0.15) is 11.9 Å². The van der Waals surface area contributed by atoms with Crippen molar-refractivity contribution in [3.63, 3.8) is 0 Å². The van der Waals surface area contributed by atoms with E-state index < -0.39 is 0 Å². The van der Waals surface area contributed by atoms with Gasteiger partial charge in [-0.3, -0.25) is 0 Å². The minimum atomic E-state index is 0.250. The third-order valence-electron chi connectivity index (χ3n) is 3.63. The summed E-state index contributed by atoms with van der Waals surface area (Å²) in [7, 11) is 2.04. The number of benzene rings is 1. The highest BCUT2D eigenvalue weighted by molar-refractivity contribution is 7.99. The van der Waals surface area contributed by atoms with E-state index >= 15 is 0 Å². The third-order valence-corrected chi connectivity index (χ3v) is 5.71. The van der Waals surface area contributed by atoms with Crippen LogP contribution < -0.4 is 10.1 Å². The molecule has 0 saturated carbocycles. The average Bonchev–Trinajstić information content (AvgIpc) is 3.01. The smallest absolute Gasteiger partial charge is 0.133 e. The number of nitrogens with one attached hydrogen (secondary N) is 1. The first-order chi connectivity index (χ1) is 9.86. The molecule has 1 aromatic carbocycles. The first-order valence-corrected chi connectivity index (χ1v) is 8.81. The van der Waals surface area contributed by atoms with Gasteiger partial charge < -0.3 is 10.1 Å². The van der Waals surface area contributed by atoms with Crippen molar-refractivity contribution >= 4 is 23.1 Å². The summed E-state index contributed by atoms with van der Waals surface area (Å²) in [5, 5.41) is 5.58. The van der Waals surface area contributed by atoms with Gasteiger partial charge in [-0.15, -0.1) is 23.1 Å².